The van der Waals surface area contributed by atoms with Crippen LogP contribution in [0.25, 0.3) is 0 Å². The minimum atomic E-state index is -0.155. The molecule has 2 heterocycles. The maximum absolute atomic E-state index is 12.4. The lowest BCUT2D eigenvalue weighted by atomic mass is 10.1. The molecule has 118 valence electrons. The second-order valence-electron chi connectivity index (χ2n) is 5.87. The number of pyridine rings is 1. The average molecular weight is 322 g/mol. The summed E-state index contributed by atoms with van der Waals surface area (Å²) in [5.41, 5.74) is 0.530. The van der Waals surface area contributed by atoms with Gasteiger partial charge in [0.1, 0.15) is 11.0 Å². The third-order valence-corrected chi connectivity index (χ3v) is 4.39. The third-order valence-electron chi connectivity index (χ3n) is 4.20. The van der Waals surface area contributed by atoms with Gasteiger partial charge in [-0.2, -0.15) is 0 Å². The van der Waals surface area contributed by atoms with Crippen molar-refractivity contribution in [2.75, 3.05) is 24.6 Å². The number of carbonyl (C=O) groups is 1. The molecule has 22 heavy (non-hydrogen) atoms. The van der Waals surface area contributed by atoms with Crippen LogP contribution in [0.4, 0.5) is 5.82 Å². The summed E-state index contributed by atoms with van der Waals surface area (Å²) in [6, 6.07) is 3.36. The Morgan fingerprint density at radius 1 is 1.36 bits per heavy atom. The number of aliphatic hydroxyl groups is 1. The van der Waals surface area contributed by atoms with Gasteiger partial charge in [-0.1, -0.05) is 23.8 Å². The maximum Gasteiger partial charge on any atom is 0.251 e. The summed E-state index contributed by atoms with van der Waals surface area (Å²) in [5, 5.41) is 12.4. The van der Waals surface area contributed by atoms with Crippen LogP contribution in [0.5, 0.6) is 0 Å². The number of amides is 1. The van der Waals surface area contributed by atoms with E-state index in [1.54, 1.807) is 12.1 Å². The van der Waals surface area contributed by atoms with E-state index in [0.29, 0.717) is 10.7 Å². The van der Waals surface area contributed by atoms with Crippen LogP contribution in [-0.4, -0.2) is 41.7 Å². The number of hydrogen-bond acceptors (Lipinski definition) is 4. The zero-order valence-corrected chi connectivity index (χ0v) is 13.1. The summed E-state index contributed by atoms with van der Waals surface area (Å²) in [6.07, 6.45) is 6.90. The topological polar surface area (TPSA) is 65.5 Å². The van der Waals surface area contributed by atoms with Crippen LogP contribution in [0.1, 0.15) is 29.6 Å². The summed E-state index contributed by atoms with van der Waals surface area (Å²) in [4.78, 5) is 18.9. The first-order chi connectivity index (χ1) is 10.7. The monoisotopic (exact) mass is 321 g/mol. The first-order valence-electron chi connectivity index (χ1n) is 7.68. The molecule has 0 saturated carbocycles. The predicted octanol–water partition coefficient (Wildman–Crippen LogP) is 2.00. The number of rotatable bonds is 4. The number of aromatic nitrogens is 1. The van der Waals surface area contributed by atoms with Crippen molar-refractivity contribution in [1.82, 2.24) is 10.3 Å². The number of halogens is 1. The molecule has 0 unspecified atom stereocenters. The Kier molecular flexibility index (Phi) is 4.64. The van der Waals surface area contributed by atoms with E-state index in [2.05, 4.69) is 15.2 Å². The normalized spacial score (nSPS) is 24.0. The summed E-state index contributed by atoms with van der Waals surface area (Å²) in [5.74, 6) is 0.745. The Hall–Kier alpha value is -1.59. The largest absolute Gasteiger partial charge is 0.396 e. The molecule has 0 radical (unpaired) electrons. The molecule has 0 bridgehead atoms. The van der Waals surface area contributed by atoms with Gasteiger partial charge in [-0.3, -0.25) is 4.79 Å². The van der Waals surface area contributed by atoms with Gasteiger partial charge in [0.05, 0.1) is 0 Å². The van der Waals surface area contributed by atoms with E-state index in [9.17, 15) is 4.79 Å². The highest BCUT2D eigenvalue weighted by molar-refractivity contribution is 6.29. The molecule has 1 aliphatic heterocycles. The van der Waals surface area contributed by atoms with Crippen molar-refractivity contribution >= 4 is 23.3 Å². The minimum absolute atomic E-state index is 0.0353. The van der Waals surface area contributed by atoms with Crippen molar-refractivity contribution in [3.05, 3.63) is 35.0 Å². The van der Waals surface area contributed by atoms with Gasteiger partial charge in [-0.05, 0) is 31.4 Å². The van der Waals surface area contributed by atoms with Crippen LogP contribution < -0.4 is 10.2 Å². The number of anilines is 1. The van der Waals surface area contributed by atoms with E-state index < -0.39 is 0 Å². The molecular weight excluding hydrogens is 302 g/mol. The van der Waals surface area contributed by atoms with E-state index >= 15 is 0 Å². The van der Waals surface area contributed by atoms with Gasteiger partial charge >= 0.3 is 0 Å². The molecule has 1 amide bonds. The van der Waals surface area contributed by atoms with Gasteiger partial charge in [-0.15, -0.1) is 0 Å². The zero-order chi connectivity index (χ0) is 15.5. The molecule has 1 saturated heterocycles. The Morgan fingerprint density at radius 3 is 2.82 bits per heavy atom. The number of nitrogens with zero attached hydrogens (tertiary/aromatic N) is 2. The van der Waals surface area contributed by atoms with Crippen molar-refractivity contribution in [2.24, 2.45) is 5.92 Å². The fraction of sp³-hybridized carbons (Fsp3) is 0.500. The number of nitrogens with one attached hydrogen (secondary N) is 1. The summed E-state index contributed by atoms with van der Waals surface area (Å²) >= 11 is 6.07. The van der Waals surface area contributed by atoms with Crippen LogP contribution in [0, 0.1) is 5.92 Å². The molecule has 1 aromatic rings. The second kappa shape index (κ2) is 6.67. The van der Waals surface area contributed by atoms with Crippen LogP contribution in [0.3, 0.4) is 0 Å². The van der Waals surface area contributed by atoms with Crippen molar-refractivity contribution in [1.29, 1.82) is 0 Å². The fourth-order valence-corrected chi connectivity index (χ4v) is 3.20. The molecule has 2 aliphatic rings. The molecule has 2 N–H and O–H groups in total. The van der Waals surface area contributed by atoms with E-state index in [4.69, 9.17) is 16.7 Å². The average Bonchev–Trinajstić information content (AvgIpc) is 3.18. The third kappa shape index (κ3) is 3.42. The number of hydrogen-bond donors (Lipinski definition) is 2. The van der Waals surface area contributed by atoms with E-state index in [0.717, 1.165) is 38.2 Å². The Bertz CT molecular complexity index is 585. The summed E-state index contributed by atoms with van der Waals surface area (Å²) in [6.45, 7) is 2.03. The first kappa shape index (κ1) is 15.3. The zero-order valence-electron chi connectivity index (χ0n) is 12.3. The lowest BCUT2D eigenvalue weighted by Crippen LogP contribution is -2.33. The van der Waals surface area contributed by atoms with E-state index in [1.807, 2.05) is 12.2 Å². The van der Waals surface area contributed by atoms with Crippen LogP contribution in [0.15, 0.2) is 24.3 Å². The molecule has 5 nitrogen and oxygen atoms in total. The van der Waals surface area contributed by atoms with Crippen LogP contribution in [0.2, 0.25) is 5.15 Å². The smallest absolute Gasteiger partial charge is 0.251 e. The SMILES string of the molecule is O=C(N[C@@H]1C=C[C@H](CO)C1)c1cc(Cl)nc(N2CCCC2)c1. The minimum Gasteiger partial charge on any atom is -0.396 e. The van der Waals surface area contributed by atoms with E-state index in [-0.39, 0.29) is 24.5 Å². The van der Waals surface area contributed by atoms with Gasteiger partial charge in [0.15, 0.2) is 0 Å². The lowest BCUT2D eigenvalue weighted by molar-refractivity contribution is 0.0941. The standard InChI is InChI=1S/C16H20ClN3O2/c17-14-8-12(9-15(19-14)20-5-1-2-6-20)16(22)18-13-4-3-11(7-13)10-21/h3-4,8-9,11,13,21H,1-2,5-7,10H2,(H,18,22)/t11-,13+/m0/s1. The maximum atomic E-state index is 12.4. The highest BCUT2D eigenvalue weighted by Gasteiger charge is 2.22. The van der Waals surface area contributed by atoms with Gasteiger partial charge in [0, 0.05) is 37.2 Å². The Morgan fingerprint density at radius 2 is 2.14 bits per heavy atom. The molecule has 3 rings (SSSR count). The molecule has 0 aromatic carbocycles. The van der Waals surface area contributed by atoms with Crippen LogP contribution in [-0.2, 0) is 0 Å². The van der Waals surface area contributed by atoms with Crippen molar-refractivity contribution < 1.29 is 9.90 Å². The van der Waals surface area contributed by atoms with Crippen molar-refractivity contribution in [3.63, 3.8) is 0 Å². The lowest BCUT2D eigenvalue weighted by Gasteiger charge is -2.18. The van der Waals surface area contributed by atoms with Gasteiger partial charge in [0.25, 0.3) is 5.91 Å². The fourth-order valence-electron chi connectivity index (χ4n) is 2.99. The quantitative estimate of drug-likeness (QED) is 0.657. The highest BCUT2D eigenvalue weighted by atomic mass is 35.5. The molecule has 1 aliphatic carbocycles. The van der Waals surface area contributed by atoms with Crippen LogP contribution >= 0.6 is 11.6 Å². The molecule has 1 fully saturated rings. The Balaban J connectivity index is 1.71. The Labute approximate surface area is 135 Å². The molecule has 6 heteroatoms. The first-order valence-corrected chi connectivity index (χ1v) is 8.06. The molecule has 1 aromatic heterocycles. The number of aliphatic hydroxyl groups excluding tert-OH is 1. The van der Waals surface area contributed by atoms with Crippen molar-refractivity contribution in [2.45, 2.75) is 25.3 Å². The summed E-state index contributed by atoms with van der Waals surface area (Å²) in [7, 11) is 0. The van der Waals surface area contributed by atoms with Crippen molar-refractivity contribution in [3.8, 4) is 0 Å². The molecular formula is C16H20ClN3O2. The second-order valence-corrected chi connectivity index (χ2v) is 6.26. The summed E-state index contributed by atoms with van der Waals surface area (Å²) < 4.78 is 0. The highest BCUT2D eigenvalue weighted by Crippen LogP contribution is 2.23. The number of carbonyl (C=O) groups excluding carboxylic acids is 1. The molecule has 2 atom stereocenters. The van der Waals surface area contributed by atoms with Gasteiger partial charge < -0.3 is 15.3 Å². The molecule has 0 spiro atoms. The van der Waals surface area contributed by atoms with Gasteiger partial charge in [-0.25, -0.2) is 4.98 Å². The van der Waals surface area contributed by atoms with E-state index in [1.165, 1.54) is 0 Å². The predicted molar refractivity (Wildman–Crippen MR) is 86.3 cm³/mol. The van der Waals surface area contributed by atoms with Gasteiger partial charge in [0.2, 0.25) is 0 Å².